The molecule has 3 nitrogen and oxygen atoms in total. The van der Waals surface area contributed by atoms with Crippen LogP contribution in [0.2, 0.25) is 0 Å². The Morgan fingerprint density at radius 3 is 1.23 bits per heavy atom. The van der Waals surface area contributed by atoms with Crippen molar-refractivity contribution in [2.24, 2.45) is 15.8 Å². The summed E-state index contributed by atoms with van der Waals surface area (Å²) in [6.07, 6.45) is 2.28. The molecule has 242 valence electrons. The van der Waals surface area contributed by atoms with E-state index in [-0.39, 0.29) is 33.4 Å². The molecule has 0 aliphatic carbocycles. The fourth-order valence-corrected chi connectivity index (χ4v) is 4.49. The van der Waals surface area contributed by atoms with Gasteiger partial charge < -0.3 is 11.1 Å². The van der Waals surface area contributed by atoms with E-state index >= 15 is 0 Å². The summed E-state index contributed by atoms with van der Waals surface area (Å²) >= 11 is 0. The number of allylic oxidation sites excluding steroid dienone is 2. The van der Waals surface area contributed by atoms with Crippen LogP contribution in [-0.2, 0) is 17.1 Å². The van der Waals surface area contributed by atoms with E-state index in [1.165, 1.54) is 22.3 Å². The average molecular weight is 630 g/mol. The molecule has 0 aromatic heterocycles. The van der Waals surface area contributed by atoms with Crippen LogP contribution in [0.25, 0.3) is 11.1 Å². The molecule has 0 unspecified atom stereocenters. The van der Waals surface area contributed by atoms with Crippen LogP contribution in [0.5, 0.6) is 0 Å². The Morgan fingerprint density at radius 1 is 0.628 bits per heavy atom. The van der Waals surface area contributed by atoms with Crippen LogP contribution < -0.4 is 0 Å². The van der Waals surface area contributed by atoms with Crippen LogP contribution in [0.4, 0.5) is 11.4 Å². The number of rotatable bonds is 8. The largest absolute Gasteiger partial charge is 2.00 e. The number of hydrogen-bond donors (Lipinski definition) is 0. The predicted molar refractivity (Wildman–Crippen MR) is 190 cm³/mol. The number of nitrogens with zero attached hydrogens (tertiary/aromatic N) is 2. The van der Waals surface area contributed by atoms with Crippen molar-refractivity contribution >= 4 is 17.1 Å². The van der Waals surface area contributed by atoms with Gasteiger partial charge in [-0.25, -0.2) is 0 Å². The molecule has 0 saturated carbocycles. The molecular weight excluding hydrogens is 566 g/mol. The summed E-state index contributed by atoms with van der Waals surface area (Å²) in [5.41, 5.74) is 16.1. The van der Waals surface area contributed by atoms with E-state index in [0.717, 1.165) is 22.8 Å². The average Bonchev–Trinajstić information content (AvgIpc) is 2.80. The van der Waals surface area contributed by atoms with Crippen molar-refractivity contribution < 1.29 is 17.1 Å². The van der Waals surface area contributed by atoms with E-state index in [0.29, 0.717) is 23.7 Å². The van der Waals surface area contributed by atoms with E-state index in [9.17, 15) is 0 Å². The molecule has 0 spiro atoms. The molecule has 0 aliphatic rings. The molecule has 43 heavy (non-hydrogen) atoms. The van der Waals surface area contributed by atoms with Gasteiger partial charge in [-0.05, 0) is 40.2 Å². The van der Waals surface area contributed by atoms with Gasteiger partial charge >= 0.3 is 17.1 Å². The molecule has 0 atom stereocenters. The SMILES string of the molecule is CC(C)(C)[NH-].CC(C)c1cccc(C(C)C)c1N=C(/C=C(\[N-]c1c(C(C)C)cccc1C(C)C)C(C)(C)C)C(C)(C)C.[Fe+2]. The second-order valence-corrected chi connectivity index (χ2v) is 16.1. The smallest absolute Gasteiger partial charge is 0.673 e. The van der Waals surface area contributed by atoms with Crippen LogP contribution in [0.3, 0.4) is 0 Å². The minimum absolute atomic E-state index is 0. The molecule has 0 heterocycles. The van der Waals surface area contributed by atoms with Crippen LogP contribution in [0.15, 0.2) is 53.2 Å². The zero-order chi connectivity index (χ0) is 32.8. The van der Waals surface area contributed by atoms with Gasteiger partial charge in [-0.3, -0.25) is 4.99 Å². The van der Waals surface area contributed by atoms with Crippen LogP contribution in [0, 0.1) is 10.8 Å². The monoisotopic (exact) mass is 629 g/mol. The van der Waals surface area contributed by atoms with E-state index in [1.807, 2.05) is 20.8 Å². The minimum Gasteiger partial charge on any atom is -0.673 e. The Kier molecular flexibility index (Phi) is 15.7. The van der Waals surface area contributed by atoms with E-state index < -0.39 is 0 Å². The number of nitrogens with one attached hydrogen (secondary N) is 1. The first kappa shape index (κ1) is 41.1. The minimum atomic E-state index is -0.250. The van der Waals surface area contributed by atoms with Crippen molar-refractivity contribution in [3.63, 3.8) is 0 Å². The summed E-state index contributed by atoms with van der Waals surface area (Å²) < 4.78 is 0. The van der Waals surface area contributed by atoms with Gasteiger partial charge in [0.05, 0.1) is 5.69 Å². The second kappa shape index (κ2) is 16.4. The third-order valence-electron chi connectivity index (χ3n) is 6.96. The number of hydrogen-bond acceptors (Lipinski definition) is 1. The summed E-state index contributed by atoms with van der Waals surface area (Å²) in [5.74, 6) is 1.61. The van der Waals surface area contributed by atoms with Gasteiger partial charge in [0.1, 0.15) is 0 Å². The Morgan fingerprint density at radius 2 is 0.953 bits per heavy atom. The van der Waals surface area contributed by atoms with Crippen molar-refractivity contribution in [1.82, 2.24) is 0 Å². The maximum Gasteiger partial charge on any atom is 2.00 e. The molecule has 2 aromatic carbocycles. The predicted octanol–water partition coefficient (Wildman–Crippen LogP) is 13.8. The Balaban J connectivity index is 0.00000270. The third kappa shape index (κ3) is 13.3. The Bertz CT molecular complexity index is 1150. The molecule has 1 N–H and O–H groups in total. The van der Waals surface area contributed by atoms with Crippen LogP contribution >= 0.6 is 0 Å². The first-order valence-electron chi connectivity index (χ1n) is 16.0. The maximum atomic E-state index is 6.94. The van der Waals surface area contributed by atoms with Crippen molar-refractivity contribution in [3.8, 4) is 0 Å². The number of benzene rings is 2. The summed E-state index contributed by atoms with van der Waals surface area (Å²) in [6, 6.07) is 13.3. The van der Waals surface area contributed by atoms with Gasteiger partial charge in [-0.1, -0.05) is 171 Å². The summed E-state index contributed by atoms with van der Waals surface area (Å²) in [4.78, 5) is 5.46. The van der Waals surface area contributed by atoms with E-state index in [1.54, 1.807) is 0 Å². The van der Waals surface area contributed by atoms with Crippen molar-refractivity contribution in [1.29, 1.82) is 0 Å². The summed E-state index contributed by atoms with van der Waals surface area (Å²) in [7, 11) is 0. The normalized spacial score (nSPS) is 13.3. The molecular formula is C39H63FeN3. The van der Waals surface area contributed by atoms with Gasteiger partial charge in [-0.2, -0.15) is 5.70 Å². The maximum absolute atomic E-state index is 6.94. The van der Waals surface area contributed by atoms with Gasteiger partial charge in [0.25, 0.3) is 0 Å². The fourth-order valence-electron chi connectivity index (χ4n) is 4.49. The quantitative estimate of drug-likeness (QED) is 0.206. The van der Waals surface area contributed by atoms with Crippen molar-refractivity contribution in [2.45, 2.75) is 147 Å². The second-order valence-electron chi connectivity index (χ2n) is 16.1. The fraction of sp³-hybridized carbons (Fsp3) is 0.615. The standard InChI is InChI=1S/C35H53N2.C4H10N.Fe/c1-22(2)26-17-15-18-27(23(3)4)32(26)36-30(34(9,10)11)21-31(35(12,13)14)37-33-28(24(5)6)19-16-20-29(33)25(7)8;1-4(2,3)5;/h15-25H,1-14H3;5H,1-3H3;/q2*-1;+2/b30-21-,37-31?;;. The molecule has 0 bridgehead atoms. The van der Waals surface area contributed by atoms with E-state index in [2.05, 4.69) is 139 Å². The summed E-state index contributed by atoms with van der Waals surface area (Å²) in [5, 5.41) is 5.46. The molecule has 0 aliphatic heterocycles. The van der Waals surface area contributed by atoms with E-state index in [4.69, 9.17) is 16.0 Å². The molecule has 0 saturated heterocycles. The molecule has 4 heteroatoms. The number of para-hydroxylation sites is 2. The Labute approximate surface area is 277 Å². The van der Waals surface area contributed by atoms with Crippen molar-refractivity contribution in [2.75, 3.05) is 0 Å². The third-order valence-corrected chi connectivity index (χ3v) is 6.96. The first-order valence-corrected chi connectivity index (χ1v) is 16.0. The van der Waals surface area contributed by atoms with Gasteiger partial charge in [0, 0.05) is 11.1 Å². The topological polar surface area (TPSA) is 50.3 Å². The van der Waals surface area contributed by atoms with Gasteiger partial charge in [0.2, 0.25) is 0 Å². The molecule has 0 fully saturated rings. The van der Waals surface area contributed by atoms with Gasteiger partial charge in [-0.15, -0.1) is 11.2 Å². The number of aliphatic imine (C=N–C) groups is 1. The summed E-state index contributed by atoms with van der Waals surface area (Å²) in [6.45, 7) is 37.2. The Hall–Kier alpha value is -1.87. The first-order chi connectivity index (χ1) is 18.9. The zero-order valence-corrected chi connectivity index (χ0v) is 31.7. The molecule has 2 rings (SSSR count). The van der Waals surface area contributed by atoms with Crippen LogP contribution in [0.1, 0.15) is 164 Å². The molecule has 0 amide bonds. The zero-order valence-electron chi connectivity index (χ0n) is 30.6. The van der Waals surface area contributed by atoms with Crippen molar-refractivity contribution in [3.05, 3.63) is 81.5 Å². The molecule has 2 aromatic rings. The molecule has 0 radical (unpaired) electrons. The van der Waals surface area contributed by atoms with Crippen LogP contribution in [-0.4, -0.2) is 11.3 Å². The van der Waals surface area contributed by atoms with Gasteiger partial charge in [0.15, 0.2) is 0 Å².